The summed E-state index contributed by atoms with van der Waals surface area (Å²) in [5.41, 5.74) is 7.41. The van der Waals surface area contributed by atoms with Gasteiger partial charge >= 0.3 is 0 Å². The molecule has 88 valence electrons. The number of fused-ring (bicyclic) bond motifs is 1. The van der Waals surface area contributed by atoms with Crippen LogP contribution in [-0.2, 0) is 0 Å². The molecule has 0 bridgehead atoms. The van der Waals surface area contributed by atoms with E-state index < -0.39 is 0 Å². The van der Waals surface area contributed by atoms with E-state index in [1.54, 1.807) is 16.9 Å². The molecule has 0 radical (unpaired) electrons. The molecular formula is C13H10N4S. The van der Waals surface area contributed by atoms with E-state index in [0.29, 0.717) is 10.8 Å². The van der Waals surface area contributed by atoms with Crippen LogP contribution in [0.2, 0.25) is 0 Å². The average molecular weight is 254 g/mol. The summed E-state index contributed by atoms with van der Waals surface area (Å²) in [6.45, 7) is 0. The number of nitrogens with two attached hydrogens (primary N) is 1. The Balaban J connectivity index is 2.20. The third-order valence-corrected chi connectivity index (χ3v) is 2.96. The highest BCUT2D eigenvalue weighted by Gasteiger charge is 2.06. The molecular weight excluding hydrogens is 244 g/mol. The number of pyridine rings is 1. The van der Waals surface area contributed by atoms with Gasteiger partial charge in [-0.2, -0.15) is 5.10 Å². The number of hydrogen-bond acceptors (Lipinski definition) is 3. The van der Waals surface area contributed by atoms with Crippen LogP contribution in [0, 0.1) is 0 Å². The van der Waals surface area contributed by atoms with E-state index >= 15 is 0 Å². The van der Waals surface area contributed by atoms with Crippen LogP contribution >= 0.6 is 12.2 Å². The lowest BCUT2D eigenvalue weighted by Crippen LogP contribution is -2.10. The molecule has 18 heavy (non-hydrogen) atoms. The first kappa shape index (κ1) is 10.9. The van der Waals surface area contributed by atoms with Crippen LogP contribution in [-0.4, -0.2) is 19.8 Å². The van der Waals surface area contributed by atoms with Crippen molar-refractivity contribution in [3.05, 3.63) is 54.4 Å². The molecule has 0 aliphatic heterocycles. The van der Waals surface area contributed by atoms with Gasteiger partial charge in [0.25, 0.3) is 0 Å². The lowest BCUT2D eigenvalue weighted by atomic mass is 10.2. The van der Waals surface area contributed by atoms with Gasteiger partial charge < -0.3 is 5.73 Å². The Kier molecular flexibility index (Phi) is 2.53. The van der Waals surface area contributed by atoms with Crippen molar-refractivity contribution >= 4 is 28.1 Å². The van der Waals surface area contributed by atoms with Crippen molar-refractivity contribution in [1.82, 2.24) is 14.8 Å². The molecule has 3 aromatic rings. The number of nitrogens with zero attached hydrogens (tertiary/aromatic N) is 3. The molecule has 2 N–H and O–H groups in total. The summed E-state index contributed by atoms with van der Waals surface area (Å²) in [5, 5.41) is 5.41. The van der Waals surface area contributed by atoms with Crippen molar-refractivity contribution in [1.29, 1.82) is 0 Å². The maximum Gasteiger partial charge on any atom is 0.154 e. The van der Waals surface area contributed by atoms with Crippen molar-refractivity contribution in [2.45, 2.75) is 0 Å². The van der Waals surface area contributed by atoms with Crippen molar-refractivity contribution in [2.24, 2.45) is 5.73 Å². The minimum Gasteiger partial charge on any atom is -0.389 e. The lowest BCUT2D eigenvalue weighted by molar-refractivity contribution is 0.874. The summed E-state index contributed by atoms with van der Waals surface area (Å²) in [6, 6.07) is 11.6. The Labute approximate surface area is 109 Å². The fourth-order valence-electron chi connectivity index (χ4n) is 1.84. The highest BCUT2D eigenvalue weighted by Crippen LogP contribution is 2.17. The molecule has 1 aromatic carbocycles. The Morgan fingerprint density at radius 1 is 1.22 bits per heavy atom. The van der Waals surface area contributed by atoms with Crippen molar-refractivity contribution in [3.63, 3.8) is 0 Å². The molecule has 3 rings (SSSR count). The van der Waals surface area contributed by atoms with Gasteiger partial charge in [0.2, 0.25) is 0 Å². The number of benzene rings is 1. The highest BCUT2D eigenvalue weighted by molar-refractivity contribution is 7.80. The van der Waals surface area contributed by atoms with E-state index in [0.717, 1.165) is 16.5 Å². The predicted octanol–water partition coefficient (Wildman–Crippen LogP) is 2.05. The Morgan fingerprint density at radius 2 is 2.06 bits per heavy atom. The lowest BCUT2D eigenvalue weighted by Gasteiger charge is -2.04. The third kappa shape index (κ3) is 1.74. The zero-order valence-corrected chi connectivity index (χ0v) is 10.3. The SMILES string of the molecule is NC(=S)c1ccnc(-n2ncc3ccccc32)c1. The van der Waals surface area contributed by atoms with Gasteiger partial charge in [0.15, 0.2) is 5.82 Å². The van der Waals surface area contributed by atoms with Gasteiger partial charge in [-0.05, 0) is 18.2 Å². The zero-order valence-electron chi connectivity index (χ0n) is 9.45. The summed E-state index contributed by atoms with van der Waals surface area (Å²) < 4.78 is 1.77. The number of hydrogen-bond donors (Lipinski definition) is 1. The maximum absolute atomic E-state index is 5.62. The number of rotatable bonds is 2. The molecule has 5 heteroatoms. The normalized spacial score (nSPS) is 10.7. The molecule has 4 nitrogen and oxygen atoms in total. The summed E-state index contributed by atoms with van der Waals surface area (Å²) in [4.78, 5) is 4.66. The Bertz CT molecular complexity index is 732. The maximum atomic E-state index is 5.62. The molecule has 0 saturated heterocycles. The Morgan fingerprint density at radius 3 is 2.89 bits per heavy atom. The molecule has 0 spiro atoms. The molecule has 0 amide bonds. The smallest absolute Gasteiger partial charge is 0.154 e. The molecule has 0 aliphatic carbocycles. The van der Waals surface area contributed by atoms with Gasteiger partial charge in [0.05, 0.1) is 11.7 Å². The van der Waals surface area contributed by atoms with Crippen molar-refractivity contribution in [2.75, 3.05) is 0 Å². The minimum atomic E-state index is 0.357. The number of aromatic nitrogens is 3. The minimum absolute atomic E-state index is 0.357. The van der Waals surface area contributed by atoms with Crippen LogP contribution in [0.3, 0.4) is 0 Å². The molecule has 0 aliphatic rings. The molecule has 2 aromatic heterocycles. The molecule has 0 fully saturated rings. The summed E-state index contributed by atoms with van der Waals surface area (Å²) in [6.07, 6.45) is 3.49. The van der Waals surface area contributed by atoms with Crippen molar-refractivity contribution < 1.29 is 0 Å². The van der Waals surface area contributed by atoms with E-state index in [2.05, 4.69) is 10.1 Å². The van der Waals surface area contributed by atoms with Gasteiger partial charge in [-0.1, -0.05) is 30.4 Å². The van der Waals surface area contributed by atoms with E-state index in [1.165, 1.54) is 0 Å². The molecule has 0 atom stereocenters. The first-order valence-corrected chi connectivity index (χ1v) is 5.85. The van der Waals surface area contributed by atoms with Crippen LogP contribution in [0.4, 0.5) is 0 Å². The van der Waals surface area contributed by atoms with E-state index in [-0.39, 0.29) is 0 Å². The molecule has 0 saturated carbocycles. The van der Waals surface area contributed by atoms with Gasteiger partial charge in [-0.25, -0.2) is 9.67 Å². The van der Waals surface area contributed by atoms with Gasteiger partial charge in [-0.15, -0.1) is 0 Å². The summed E-state index contributed by atoms with van der Waals surface area (Å²) in [5.74, 6) is 0.710. The van der Waals surface area contributed by atoms with Crippen LogP contribution in [0.5, 0.6) is 0 Å². The standard InChI is InChI=1S/C13H10N4S/c14-13(18)9-5-6-15-12(7-9)17-11-4-2-1-3-10(11)8-16-17/h1-8H,(H2,14,18). The van der Waals surface area contributed by atoms with Crippen LogP contribution < -0.4 is 5.73 Å². The molecule has 2 heterocycles. The van der Waals surface area contributed by atoms with Crippen molar-refractivity contribution in [3.8, 4) is 5.82 Å². The van der Waals surface area contributed by atoms with Gasteiger partial charge in [0, 0.05) is 17.1 Å². The second-order valence-corrected chi connectivity index (χ2v) is 4.32. The van der Waals surface area contributed by atoms with Gasteiger partial charge in [-0.3, -0.25) is 0 Å². The monoisotopic (exact) mass is 254 g/mol. The topological polar surface area (TPSA) is 56.7 Å². The fraction of sp³-hybridized carbons (Fsp3) is 0. The first-order chi connectivity index (χ1) is 8.75. The largest absolute Gasteiger partial charge is 0.389 e. The molecule has 0 unspecified atom stereocenters. The highest BCUT2D eigenvalue weighted by atomic mass is 32.1. The fourth-order valence-corrected chi connectivity index (χ4v) is 1.97. The summed E-state index contributed by atoms with van der Waals surface area (Å²) in [7, 11) is 0. The number of para-hydroxylation sites is 1. The van der Waals surface area contributed by atoms with Crippen LogP contribution in [0.1, 0.15) is 5.56 Å². The third-order valence-electron chi connectivity index (χ3n) is 2.72. The van der Waals surface area contributed by atoms with E-state index in [1.807, 2.05) is 36.5 Å². The average Bonchev–Trinajstić information content (AvgIpc) is 2.82. The first-order valence-electron chi connectivity index (χ1n) is 5.45. The second kappa shape index (κ2) is 4.19. The summed E-state index contributed by atoms with van der Waals surface area (Å²) >= 11 is 4.97. The van der Waals surface area contributed by atoms with Crippen LogP contribution in [0.15, 0.2) is 48.8 Å². The van der Waals surface area contributed by atoms with Crippen LogP contribution in [0.25, 0.3) is 16.7 Å². The number of thiocarbonyl (C=S) groups is 1. The second-order valence-electron chi connectivity index (χ2n) is 3.88. The van der Waals surface area contributed by atoms with E-state index in [9.17, 15) is 0 Å². The predicted molar refractivity (Wildman–Crippen MR) is 74.8 cm³/mol. The zero-order chi connectivity index (χ0) is 12.5. The Hall–Kier alpha value is -2.27. The van der Waals surface area contributed by atoms with Gasteiger partial charge in [0.1, 0.15) is 4.99 Å². The quantitative estimate of drug-likeness (QED) is 0.711. The van der Waals surface area contributed by atoms with E-state index in [4.69, 9.17) is 18.0 Å².